The lowest BCUT2D eigenvalue weighted by atomic mass is 10.1. The average molecular weight is 308 g/mol. The molecule has 1 aromatic rings. The van der Waals surface area contributed by atoms with E-state index >= 15 is 0 Å². The van der Waals surface area contributed by atoms with Crippen LogP contribution in [0, 0.1) is 0 Å². The van der Waals surface area contributed by atoms with Crippen molar-refractivity contribution in [2.24, 2.45) is 0 Å². The van der Waals surface area contributed by atoms with E-state index in [9.17, 15) is 13.2 Å². The number of fused-ring (bicyclic) bond motifs is 1. The molecule has 18 heavy (non-hydrogen) atoms. The molecule has 7 heteroatoms. The van der Waals surface area contributed by atoms with Crippen molar-refractivity contribution < 1.29 is 13.2 Å². The van der Waals surface area contributed by atoms with Crippen LogP contribution in [0.1, 0.15) is 11.1 Å². The van der Waals surface area contributed by atoms with E-state index in [0.717, 1.165) is 11.1 Å². The highest BCUT2D eigenvalue weighted by Crippen LogP contribution is 2.26. The lowest BCUT2D eigenvalue weighted by Gasteiger charge is -2.09. The van der Waals surface area contributed by atoms with Crippen LogP contribution in [0.3, 0.4) is 0 Å². The predicted octanol–water partition coefficient (Wildman–Crippen LogP) is 1.44. The highest BCUT2D eigenvalue weighted by Gasteiger charge is 2.24. The first-order valence-electron chi connectivity index (χ1n) is 5.32. The molecule has 0 radical (unpaired) electrons. The summed E-state index contributed by atoms with van der Waals surface area (Å²) in [6, 6.07) is 4.74. The molecule has 2 rings (SSSR count). The van der Waals surface area contributed by atoms with Gasteiger partial charge in [0.05, 0.1) is 4.90 Å². The zero-order valence-electron chi connectivity index (χ0n) is 9.32. The maximum absolute atomic E-state index is 11.2. The van der Waals surface area contributed by atoms with Crippen molar-refractivity contribution in [2.45, 2.75) is 23.8 Å². The van der Waals surface area contributed by atoms with Gasteiger partial charge >= 0.3 is 0 Å². The summed E-state index contributed by atoms with van der Waals surface area (Å²) in [5.74, 6) is -0.298. The first-order valence-corrected chi connectivity index (χ1v) is 8.16. The van der Waals surface area contributed by atoms with Crippen molar-refractivity contribution in [3.63, 3.8) is 0 Å². The lowest BCUT2D eigenvalue weighted by Crippen LogP contribution is -2.36. The number of alkyl halides is 1. The molecule has 4 nitrogen and oxygen atoms in total. The minimum Gasteiger partial charge on any atom is -0.352 e. The van der Waals surface area contributed by atoms with Gasteiger partial charge in [-0.25, -0.2) is 8.42 Å². The largest absolute Gasteiger partial charge is 0.352 e. The van der Waals surface area contributed by atoms with Crippen LogP contribution in [-0.4, -0.2) is 26.2 Å². The summed E-state index contributed by atoms with van der Waals surface area (Å²) < 4.78 is 22.4. The van der Waals surface area contributed by atoms with Crippen molar-refractivity contribution in [2.75, 3.05) is 5.88 Å². The SMILES string of the molecule is O=C(CCl)N[C@H]1Cc2ccc(S(=O)(=O)Cl)cc2C1. The number of benzene rings is 1. The molecule has 0 unspecified atom stereocenters. The van der Waals surface area contributed by atoms with E-state index in [0.29, 0.717) is 12.8 Å². The van der Waals surface area contributed by atoms with E-state index in [1.807, 2.05) is 0 Å². The lowest BCUT2D eigenvalue weighted by molar-refractivity contribution is -0.119. The fraction of sp³-hybridized carbons (Fsp3) is 0.364. The Labute approximate surface area is 115 Å². The third-order valence-electron chi connectivity index (χ3n) is 2.88. The summed E-state index contributed by atoms with van der Waals surface area (Å²) in [6.07, 6.45) is 1.28. The Morgan fingerprint density at radius 2 is 2.00 bits per heavy atom. The molecule has 0 heterocycles. The second-order valence-electron chi connectivity index (χ2n) is 4.17. The van der Waals surface area contributed by atoms with E-state index in [4.69, 9.17) is 22.3 Å². The first-order chi connectivity index (χ1) is 8.40. The fourth-order valence-corrected chi connectivity index (χ4v) is 2.99. The zero-order valence-corrected chi connectivity index (χ0v) is 11.6. The monoisotopic (exact) mass is 307 g/mol. The topological polar surface area (TPSA) is 63.2 Å². The van der Waals surface area contributed by atoms with Crippen molar-refractivity contribution >= 4 is 37.2 Å². The van der Waals surface area contributed by atoms with Crippen molar-refractivity contribution in [1.82, 2.24) is 5.32 Å². The van der Waals surface area contributed by atoms with Gasteiger partial charge in [0, 0.05) is 16.7 Å². The van der Waals surface area contributed by atoms with Gasteiger partial charge in [0.15, 0.2) is 0 Å². The molecule has 0 spiro atoms. The molecule has 0 aromatic heterocycles. The normalized spacial score (nSPS) is 18.4. The molecule has 0 aliphatic heterocycles. The van der Waals surface area contributed by atoms with Gasteiger partial charge in [0.2, 0.25) is 5.91 Å². The minimum atomic E-state index is -3.71. The molecule has 0 bridgehead atoms. The van der Waals surface area contributed by atoms with E-state index in [2.05, 4.69) is 5.32 Å². The Balaban J connectivity index is 2.18. The summed E-state index contributed by atoms with van der Waals surface area (Å²) in [7, 11) is 1.58. The molecule has 0 saturated carbocycles. The Bertz CT molecular complexity index is 586. The van der Waals surface area contributed by atoms with Crippen molar-refractivity contribution in [3.8, 4) is 0 Å². The summed E-state index contributed by atoms with van der Waals surface area (Å²) >= 11 is 5.42. The molecule has 1 amide bonds. The zero-order chi connectivity index (χ0) is 13.3. The van der Waals surface area contributed by atoms with Crippen LogP contribution in [0.5, 0.6) is 0 Å². The molecule has 0 saturated heterocycles. The maximum atomic E-state index is 11.2. The number of nitrogens with one attached hydrogen (secondary N) is 1. The second-order valence-corrected chi connectivity index (χ2v) is 7.01. The van der Waals surface area contributed by atoms with E-state index in [1.54, 1.807) is 12.1 Å². The first kappa shape index (κ1) is 13.6. The van der Waals surface area contributed by atoms with Gasteiger partial charge in [-0.2, -0.15) is 0 Å². The third kappa shape index (κ3) is 2.96. The van der Waals surface area contributed by atoms with Gasteiger partial charge in [-0.3, -0.25) is 4.79 Å². The second kappa shape index (κ2) is 5.07. The van der Waals surface area contributed by atoms with Gasteiger partial charge in [-0.15, -0.1) is 11.6 Å². The highest BCUT2D eigenvalue weighted by atomic mass is 35.7. The van der Waals surface area contributed by atoms with Gasteiger partial charge in [-0.1, -0.05) is 6.07 Å². The van der Waals surface area contributed by atoms with Crippen molar-refractivity contribution in [1.29, 1.82) is 0 Å². The number of hydrogen-bond donors (Lipinski definition) is 1. The van der Waals surface area contributed by atoms with Crippen LogP contribution < -0.4 is 5.32 Å². The quantitative estimate of drug-likeness (QED) is 0.679. The summed E-state index contributed by atoms with van der Waals surface area (Å²) in [5.41, 5.74) is 1.93. The number of amides is 1. The maximum Gasteiger partial charge on any atom is 0.261 e. The predicted molar refractivity (Wildman–Crippen MR) is 69.5 cm³/mol. The number of hydrogen-bond acceptors (Lipinski definition) is 3. The van der Waals surface area contributed by atoms with Crippen LogP contribution in [0.15, 0.2) is 23.1 Å². The van der Waals surface area contributed by atoms with Gasteiger partial charge in [0.1, 0.15) is 5.88 Å². The smallest absolute Gasteiger partial charge is 0.261 e. The number of carbonyl (C=O) groups is 1. The third-order valence-corrected chi connectivity index (χ3v) is 4.47. The molecule has 98 valence electrons. The molecular weight excluding hydrogens is 297 g/mol. The molecular formula is C11H11Cl2NO3S. The van der Waals surface area contributed by atoms with Crippen LogP contribution in [0.25, 0.3) is 0 Å². The standard InChI is InChI=1S/C11H11Cl2NO3S/c12-6-11(15)14-9-3-7-1-2-10(18(13,16)17)5-8(7)4-9/h1-2,5,9H,3-4,6H2,(H,14,15)/t9-/m0/s1. The van der Waals surface area contributed by atoms with Crippen LogP contribution >= 0.6 is 22.3 Å². The fourth-order valence-electron chi connectivity index (χ4n) is 2.11. The highest BCUT2D eigenvalue weighted by molar-refractivity contribution is 8.13. The Morgan fingerprint density at radius 1 is 1.33 bits per heavy atom. The van der Waals surface area contributed by atoms with Crippen molar-refractivity contribution in [3.05, 3.63) is 29.3 Å². The Kier molecular flexibility index (Phi) is 3.84. The summed E-state index contributed by atoms with van der Waals surface area (Å²) in [4.78, 5) is 11.3. The van der Waals surface area contributed by atoms with E-state index in [1.165, 1.54) is 6.07 Å². The van der Waals surface area contributed by atoms with Crippen LogP contribution in [0.4, 0.5) is 0 Å². The molecule has 1 aliphatic carbocycles. The molecule has 1 aromatic carbocycles. The minimum absolute atomic E-state index is 0.0282. The number of halogens is 2. The number of rotatable bonds is 3. The molecule has 1 N–H and O–H groups in total. The number of carbonyl (C=O) groups excluding carboxylic acids is 1. The van der Waals surface area contributed by atoms with E-state index < -0.39 is 9.05 Å². The molecule has 0 fully saturated rings. The van der Waals surface area contributed by atoms with Crippen LogP contribution in [-0.2, 0) is 26.7 Å². The van der Waals surface area contributed by atoms with Gasteiger partial charge in [0.25, 0.3) is 9.05 Å². The Morgan fingerprint density at radius 3 is 2.61 bits per heavy atom. The summed E-state index contributed by atoms with van der Waals surface area (Å²) in [5, 5.41) is 2.78. The van der Waals surface area contributed by atoms with E-state index in [-0.39, 0.29) is 22.7 Å². The van der Waals surface area contributed by atoms with Crippen LogP contribution in [0.2, 0.25) is 0 Å². The van der Waals surface area contributed by atoms with Gasteiger partial charge in [-0.05, 0) is 36.1 Å². The molecule has 1 atom stereocenters. The summed E-state index contributed by atoms with van der Waals surface area (Å²) in [6.45, 7) is 0. The Hall–Kier alpha value is -0.780. The average Bonchev–Trinajstić information content (AvgIpc) is 2.68. The molecule has 1 aliphatic rings. The van der Waals surface area contributed by atoms with Gasteiger partial charge < -0.3 is 5.32 Å².